The summed E-state index contributed by atoms with van der Waals surface area (Å²) in [5.41, 5.74) is 4.70. The zero-order valence-electron chi connectivity index (χ0n) is 16.4. The van der Waals surface area contributed by atoms with Gasteiger partial charge in [-0.2, -0.15) is 0 Å². The van der Waals surface area contributed by atoms with Gasteiger partial charge in [0.2, 0.25) is 0 Å². The van der Waals surface area contributed by atoms with Crippen molar-refractivity contribution in [1.29, 1.82) is 0 Å². The number of fused-ring (bicyclic) bond motifs is 3. The Morgan fingerprint density at radius 3 is 2.20 bits per heavy atom. The molecule has 8 heteroatoms. The summed E-state index contributed by atoms with van der Waals surface area (Å²) >= 11 is 0. The number of amides is 2. The first-order valence-corrected chi connectivity index (χ1v) is 9.93. The molecule has 2 aliphatic rings. The van der Waals surface area contributed by atoms with Crippen molar-refractivity contribution in [3.05, 3.63) is 59.7 Å². The Labute approximate surface area is 174 Å². The van der Waals surface area contributed by atoms with E-state index in [0.29, 0.717) is 13.0 Å². The largest absolute Gasteiger partial charge is 0.465 e. The number of ether oxygens (including phenoxy) is 3. The predicted molar refractivity (Wildman–Crippen MR) is 108 cm³/mol. The number of carboxylic acid groups (broad SMARTS) is 1. The van der Waals surface area contributed by atoms with E-state index in [4.69, 9.17) is 19.3 Å². The Bertz CT molecular complexity index is 865. The Hall–Kier alpha value is -3.10. The van der Waals surface area contributed by atoms with Gasteiger partial charge in [-0.15, -0.1) is 0 Å². The molecule has 1 saturated heterocycles. The summed E-state index contributed by atoms with van der Waals surface area (Å²) in [5, 5.41) is 13.7. The van der Waals surface area contributed by atoms with Gasteiger partial charge >= 0.3 is 12.2 Å². The Kier molecular flexibility index (Phi) is 6.15. The highest BCUT2D eigenvalue weighted by Gasteiger charge is 2.29. The van der Waals surface area contributed by atoms with Crippen molar-refractivity contribution in [2.75, 3.05) is 26.4 Å². The average molecular weight is 412 g/mol. The number of hydrogen-bond acceptors (Lipinski definition) is 5. The second-order valence-electron chi connectivity index (χ2n) is 7.28. The molecule has 1 aliphatic heterocycles. The van der Waals surface area contributed by atoms with E-state index in [9.17, 15) is 9.59 Å². The lowest BCUT2D eigenvalue weighted by molar-refractivity contribution is -0.190. The van der Waals surface area contributed by atoms with E-state index in [0.717, 1.165) is 0 Å². The monoisotopic (exact) mass is 412 g/mol. The Morgan fingerprint density at radius 2 is 1.60 bits per heavy atom. The third-order valence-electron chi connectivity index (χ3n) is 5.29. The minimum atomic E-state index is -1.11. The van der Waals surface area contributed by atoms with Crippen LogP contribution in [0.4, 0.5) is 9.59 Å². The maximum Gasteiger partial charge on any atom is 0.407 e. The smallest absolute Gasteiger partial charge is 0.407 e. The first-order valence-electron chi connectivity index (χ1n) is 9.93. The molecule has 2 aromatic carbocycles. The summed E-state index contributed by atoms with van der Waals surface area (Å²) in [6.07, 6.45) is -1.63. The van der Waals surface area contributed by atoms with Crippen LogP contribution in [-0.2, 0) is 14.2 Å². The number of hydrogen-bond donors (Lipinski definition) is 3. The molecule has 30 heavy (non-hydrogen) atoms. The van der Waals surface area contributed by atoms with Gasteiger partial charge in [-0.3, -0.25) is 0 Å². The maximum atomic E-state index is 12.1. The second-order valence-corrected chi connectivity index (χ2v) is 7.28. The third-order valence-corrected chi connectivity index (χ3v) is 5.29. The number of carbonyl (C=O) groups is 2. The highest BCUT2D eigenvalue weighted by atomic mass is 16.7. The van der Waals surface area contributed by atoms with Crippen molar-refractivity contribution in [1.82, 2.24) is 10.6 Å². The van der Waals surface area contributed by atoms with Gasteiger partial charge in [0.15, 0.2) is 6.29 Å². The fourth-order valence-electron chi connectivity index (χ4n) is 3.91. The fourth-order valence-corrected chi connectivity index (χ4v) is 3.91. The van der Waals surface area contributed by atoms with Crippen LogP contribution in [0.1, 0.15) is 23.5 Å². The van der Waals surface area contributed by atoms with Crippen LogP contribution in [0.5, 0.6) is 0 Å². The highest BCUT2D eigenvalue weighted by molar-refractivity contribution is 5.79. The summed E-state index contributed by atoms with van der Waals surface area (Å²) in [7, 11) is 0. The lowest BCUT2D eigenvalue weighted by Gasteiger charge is -2.29. The molecule has 2 aromatic rings. The van der Waals surface area contributed by atoms with E-state index in [1.54, 1.807) is 0 Å². The summed E-state index contributed by atoms with van der Waals surface area (Å²) in [6.45, 7) is 1.07. The summed E-state index contributed by atoms with van der Waals surface area (Å²) in [5.74, 6) is 0.0202. The summed E-state index contributed by atoms with van der Waals surface area (Å²) < 4.78 is 16.4. The molecule has 1 fully saturated rings. The molecule has 1 aliphatic carbocycles. The predicted octanol–water partition coefficient (Wildman–Crippen LogP) is 2.92. The summed E-state index contributed by atoms with van der Waals surface area (Å²) in [6, 6.07) is 16.0. The SMILES string of the molecule is O=C(O)NC1COC(CCNC(=O)OCC2c3ccccc3-c3ccccc32)OC1. The molecular weight excluding hydrogens is 388 g/mol. The van der Waals surface area contributed by atoms with Crippen molar-refractivity contribution < 1.29 is 28.9 Å². The molecule has 0 unspecified atom stereocenters. The van der Waals surface area contributed by atoms with Crippen molar-refractivity contribution in [2.45, 2.75) is 24.7 Å². The van der Waals surface area contributed by atoms with E-state index in [1.165, 1.54) is 22.3 Å². The molecule has 3 N–H and O–H groups in total. The quantitative estimate of drug-likeness (QED) is 0.674. The van der Waals surface area contributed by atoms with Crippen LogP contribution in [0.3, 0.4) is 0 Å². The molecule has 0 radical (unpaired) electrons. The van der Waals surface area contributed by atoms with E-state index >= 15 is 0 Å². The molecule has 4 rings (SSSR count). The van der Waals surface area contributed by atoms with Crippen LogP contribution in [0.2, 0.25) is 0 Å². The molecule has 8 nitrogen and oxygen atoms in total. The van der Waals surface area contributed by atoms with Gasteiger partial charge in [0.05, 0.1) is 19.3 Å². The Morgan fingerprint density at radius 1 is 1.00 bits per heavy atom. The first-order chi connectivity index (χ1) is 14.6. The van der Waals surface area contributed by atoms with Gasteiger partial charge in [0, 0.05) is 18.9 Å². The summed E-state index contributed by atoms with van der Waals surface area (Å²) in [4.78, 5) is 22.8. The molecule has 0 bridgehead atoms. The van der Waals surface area contributed by atoms with Crippen LogP contribution in [-0.4, -0.2) is 56.0 Å². The molecule has 2 amide bonds. The van der Waals surface area contributed by atoms with Crippen LogP contribution >= 0.6 is 0 Å². The third kappa shape index (κ3) is 4.55. The first kappa shape index (κ1) is 20.2. The molecule has 0 atom stereocenters. The van der Waals surface area contributed by atoms with Crippen molar-refractivity contribution in [3.8, 4) is 11.1 Å². The lowest BCUT2D eigenvalue weighted by atomic mass is 9.98. The minimum absolute atomic E-state index is 0.0202. The molecule has 0 aromatic heterocycles. The van der Waals surface area contributed by atoms with E-state index in [1.807, 2.05) is 24.3 Å². The van der Waals surface area contributed by atoms with E-state index in [2.05, 4.69) is 34.9 Å². The second kappa shape index (κ2) is 9.15. The van der Waals surface area contributed by atoms with Crippen LogP contribution in [0.25, 0.3) is 11.1 Å². The van der Waals surface area contributed by atoms with Gasteiger partial charge in [0.1, 0.15) is 6.61 Å². The topological polar surface area (TPSA) is 106 Å². The average Bonchev–Trinajstić information content (AvgIpc) is 3.07. The maximum absolute atomic E-state index is 12.1. The normalized spacial score (nSPS) is 20.1. The standard InChI is InChI=1S/C22H24N2O6/c25-21(26)24-14-11-28-20(29-12-14)9-10-23-22(27)30-13-19-17-7-3-1-5-15(17)16-6-2-4-8-18(16)19/h1-8,14,19-20,24H,9-13H2,(H,23,27)(H,25,26). The number of rotatable bonds is 6. The molecule has 0 spiro atoms. The highest BCUT2D eigenvalue weighted by Crippen LogP contribution is 2.44. The van der Waals surface area contributed by atoms with Crippen LogP contribution < -0.4 is 10.6 Å². The number of nitrogens with one attached hydrogen (secondary N) is 2. The molecular formula is C22H24N2O6. The number of carbonyl (C=O) groups excluding carboxylic acids is 1. The fraction of sp³-hybridized carbons (Fsp3) is 0.364. The van der Waals surface area contributed by atoms with Gasteiger partial charge in [0.25, 0.3) is 0 Å². The van der Waals surface area contributed by atoms with E-state index < -0.39 is 18.5 Å². The lowest BCUT2D eigenvalue weighted by Crippen LogP contribution is -2.47. The number of alkyl carbamates (subject to hydrolysis) is 1. The van der Waals surface area contributed by atoms with Gasteiger partial charge in [-0.05, 0) is 22.3 Å². The minimum Gasteiger partial charge on any atom is -0.465 e. The van der Waals surface area contributed by atoms with Crippen LogP contribution in [0, 0.1) is 0 Å². The van der Waals surface area contributed by atoms with Gasteiger partial charge < -0.3 is 30.0 Å². The van der Waals surface area contributed by atoms with Gasteiger partial charge in [-0.1, -0.05) is 48.5 Å². The Balaban J connectivity index is 1.22. The van der Waals surface area contributed by atoms with E-state index in [-0.39, 0.29) is 31.8 Å². The molecule has 1 heterocycles. The zero-order valence-corrected chi connectivity index (χ0v) is 16.4. The van der Waals surface area contributed by atoms with Crippen molar-refractivity contribution >= 4 is 12.2 Å². The van der Waals surface area contributed by atoms with Crippen molar-refractivity contribution in [2.24, 2.45) is 0 Å². The molecule has 0 saturated carbocycles. The van der Waals surface area contributed by atoms with Gasteiger partial charge in [-0.25, -0.2) is 9.59 Å². The van der Waals surface area contributed by atoms with Crippen molar-refractivity contribution in [3.63, 3.8) is 0 Å². The number of benzene rings is 2. The molecule has 158 valence electrons. The zero-order chi connectivity index (χ0) is 20.9. The van der Waals surface area contributed by atoms with Crippen LogP contribution in [0.15, 0.2) is 48.5 Å².